The van der Waals surface area contributed by atoms with E-state index in [0.717, 1.165) is 18.2 Å². The molecule has 1 aromatic rings. The smallest absolute Gasteiger partial charge is 0.189 e. The van der Waals surface area contributed by atoms with E-state index in [1.165, 1.54) is 0 Å². The van der Waals surface area contributed by atoms with Gasteiger partial charge in [0.05, 0.1) is 6.54 Å². The van der Waals surface area contributed by atoms with Gasteiger partial charge >= 0.3 is 0 Å². The molecule has 0 bridgehead atoms. The molecule has 0 aliphatic heterocycles. The lowest BCUT2D eigenvalue weighted by Gasteiger charge is -2.03. The van der Waals surface area contributed by atoms with Crippen molar-refractivity contribution < 1.29 is 8.78 Å². The van der Waals surface area contributed by atoms with Gasteiger partial charge in [0.15, 0.2) is 5.96 Å². The van der Waals surface area contributed by atoms with Gasteiger partial charge in [-0.1, -0.05) is 6.08 Å². The van der Waals surface area contributed by atoms with Crippen molar-refractivity contribution in [1.29, 1.82) is 0 Å². The van der Waals surface area contributed by atoms with Crippen LogP contribution in [0.25, 0.3) is 0 Å². The first-order valence-corrected chi connectivity index (χ1v) is 4.72. The Bertz CT molecular complexity index is 408. The third-order valence-electron chi connectivity index (χ3n) is 1.86. The molecule has 0 spiro atoms. The Morgan fingerprint density at radius 1 is 1.47 bits per heavy atom. The van der Waals surface area contributed by atoms with Crippen LogP contribution in [0, 0.1) is 11.6 Å². The minimum Gasteiger partial charge on any atom is -0.370 e. The van der Waals surface area contributed by atoms with Crippen LogP contribution in [0.2, 0.25) is 0 Å². The lowest BCUT2D eigenvalue weighted by molar-refractivity contribution is 0.585. The molecule has 3 nitrogen and oxygen atoms in total. The zero-order valence-electron chi connectivity index (χ0n) is 9.12. The van der Waals surface area contributed by atoms with E-state index in [2.05, 4.69) is 16.9 Å². The second-order valence-corrected chi connectivity index (χ2v) is 3.11. The minimum absolute atomic E-state index is 0. The molecule has 0 saturated heterocycles. The fourth-order valence-electron chi connectivity index (χ4n) is 1.07. The summed E-state index contributed by atoms with van der Waals surface area (Å²) in [4.78, 5) is 3.86. The number of nitrogens with zero attached hydrogens (tertiary/aromatic N) is 1. The van der Waals surface area contributed by atoms with Crippen LogP contribution in [0.1, 0.15) is 5.56 Å². The van der Waals surface area contributed by atoms with Gasteiger partial charge in [0, 0.05) is 12.1 Å². The van der Waals surface area contributed by atoms with Crippen molar-refractivity contribution >= 4 is 29.9 Å². The van der Waals surface area contributed by atoms with E-state index < -0.39 is 11.6 Å². The predicted molar refractivity (Wildman–Crippen MR) is 75.3 cm³/mol. The van der Waals surface area contributed by atoms with Gasteiger partial charge in [-0.2, -0.15) is 0 Å². The van der Waals surface area contributed by atoms with E-state index in [-0.39, 0.29) is 42.0 Å². The van der Waals surface area contributed by atoms with E-state index in [9.17, 15) is 8.78 Å². The first kappa shape index (κ1) is 15.8. The zero-order chi connectivity index (χ0) is 12.0. The maximum Gasteiger partial charge on any atom is 0.189 e. The topological polar surface area (TPSA) is 50.4 Å². The molecule has 17 heavy (non-hydrogen) atoms. The van der Waals surface area contributed by atoms with Crippen LogP contribution >= 0.6 is 24.0 Å². The van der Waals surface area contributed by atoms with Gasteiger partial charge < -0.3 is 11.1 Å². The van der Waals surface area contributed by atoms with Gasteiger partial charge in [0.25, 0.3) is 0 Å². The molecule has 0 heterocycles. The van der Waals surface area contributed by atoms with Crippen LogP contribution in [0.3, 0.4) is 0 Å². The molecular weight excluding hydrogens is 339 g/mol. The largest absolute Gasteiger partial charge is 0.370 e. The molecule has 0 amide bonds. The van der Waals surface area contributed by atoms with Crippen LogP contribution in [-0.2, 0) is 6.54 Å². The molecule has 3 N–H and O–H groups in total. The number of hydrogen-bond donors (Lipinski definition) is 2. The third-order valence-corrected chi connectivity index (χ3v) is 1.86. The molecule has 0 saturated carbocycles. The van der Waals surface area contributed by atoms with Gasteiger partial charge in [0.2, 0.25) is 0 Å². The Morgan fingerprint density at radius 2 is 2.18 bits per heavy atom. The van der Waals surface area contributed by atoms with Crippen molar-refractivity contribution in [3.05, 3.63) is 48.1 Å². The zero-order valence-corrected chi connectivity index (χ0v) is 11.4. The van der Waals surface area contributed by atoms with Gasteiger partial charge in [0.1, 0.15) is 11.6 Å². The van der Waals surface area contributed by atoms with Gasteiger partial charge in [-0.05, 0) is 18.2 Å². The predicted octanol–water partition coefficient (Wildman–Crippen LogP) is 2.17. The number of aliphatic imine (C=N–C) groups is 1. The van der Waals surface area contributed by atoms with Crippen LogP contribution in [0.15, 0.2) is 35.8 Å². The molecule has 0 radical (unpaired) electrons. The molecule has 0 atom stereocenters. The number of halogens is 3. The molecule has 0 fully saturated rings. The van der Waals surface area contributed by atoms with Crippen LogP contribution in [0.4, 0.5) is 8.78 Å². The van der Waals surface area contributed by atoms with Crippen LogP contribution < -0.4 is 11.1 Å². The van der Waals surface area contributed by atoms with E-state index in [0.29, 0.717) is 6.54 Å². The summed E-state index contributed by atoms with van der Waals surface area (Å²) in [6.45, 7) is 3.97. The van der Waals surface area contributed by atoms with Crippen LogP contribution in [-0.4, -0.2) is 12.5 Å². The van der Waals surface area contributed by atoms with Gasteiger partial charge in [-0.3, -0.25) is 0 Å². The summed E-state index contributed by atoms with van der Waals surface area (Å²) in [5.74, 6) is -0.825. The van der Waals surface area contributed by atoms with Gasteiger partial charge in [-0.15, -0.1) is 30.6 Å². The number of rotatable bonds is 4. The highest BCUT2D eigenvalue weighted by Crippen LogP contribution is 2.10. The standard InChI is InChI=1S/C11H13F2N3.HI/c1-2-5-15-11(14)16-7-8-6-9(12)3-4-10(8)13;/h2-4,6H,1,5,7H2,(H3,14,15,16);1H. The SMILES string of the molecule is C=CCNC(N)=NCc1cc(F)ccc1F.I. The van der Waals surface area contributed by atoms with Crippen LogP contribution in [0.5, 0.6) is 0 Å². The van der Waals surface area contributed by atoms with Crippen molar-refractivity contribution in [2.24, 2.45) is 10.7 Å². The molecule has 0 aromatic heterocycles. The van der Waals surface area contributed by atoms with Crippen molar-refractivity contribution in [3.8, 4) is 0 Å². The summed E-state index contributed by atoms with van der Waals surface area (Å²) >= 11 is 0. The molecular formula is C11H14F2IN3. The Morgan fingerprint density at radius 3 is 2.82 bits per heavy atom. The summed E-state index contributed by atoms with van der Waals surface area (Å²) in [6.07, 6.45) is 1.62. The molecule has 1 aromatic carbocycles. The fourth-order valence-corrected chi connectivity index (χ4v) is 1.07. The molecule has 1 rings (SSSR count). The number of nitrogens with one attached hydrogen (secondary N) is 1. The molecule has 94 valence electrons. The molecule has 0 unspecified atom stereocenters. The van der Waals surface area contributed by atoms with Crippen molar-refractivity contribution in [3.63, 3.8) is 0 Å². The summed E-state index contributed by atoms with van der Waals surface area (Å²) < 4.78 is 26.0. The lowest BCUT2D eigenvalue weighted by atomic mass is 10.2. The number of guanidine groups is 1. The molecule has 6 heteroatoms. The summed E-state index contributed by atoms with van der Waals surface area (Å²) in [6, 6.07) is 3.22. The van der Waals surface area contributed by atoms with E-state index in [4.69, 9.17) is 5.73 Å². The number of hydrogen-bond acceptors (Lipinski definition) is 1. The highest BCUT2D eigenvalue weighted by atomic mass is 127. The Kier molecular flexibility index (Phi) is 7.44. The highest BCUT2D eigenvalue weighted by Gasteiger charge is 2.02. The van der Waals surface area contributed by atoms with E-state index in [1.54, 1.807) is 6.08 Å². The summed E-state index contributed by atoms with van der Waals surface area (Å²) in [5, 5.41) is 2.73. The molecule has 0 aliphatic carbocycles. The lowest BCUT2D eigenvalue weighted by Crippen LogP contribution is -2.31. The quantitative estimate of drug-likeness (QED) is 0.377. The van der Waals surface area contributed by atoms with E-state index in [1.807, 2.05) is 0 Å². The monoisotopic (exact) mass is 353 g/mol. The van der Waals surface area contributed by atoms with Crippen molar-refractivity contribution in [2.75, 3.05) is 6.54 Å². The number of benzene rings is 1. The second-order valence-electron chi connectivity index (χ2n) is 3.11. The third kappa shape index (κ3) is 5.62. The fraction of sp³-hybridized carbons (Fsp3) is 0.182. The van der Waals surface area contributed by atoms with E-state index >= 15 is 0 Å². The summed E-state index contributed by atoms with van der Waals surface area (Å²) in [7, 11) is 0. The molecule has 0 aliphatic rings. The first-order chi connectivity index (χ1) is 7.63. The average molecular weight is 353 g/mol. The Labute approximate surface area is 116 Å². The second kappa shape index (κ2) is 7.99. The maximum atomic E-state index is 13.2. The normalized spacial score (nSPS) is 10.6. The number of nitrogens with two attached hydrogens (primary N) is 1. The first-order valence-electron chi connectivity index (χ1n) is 4.72. The highest BCUT2D eigenvalue weighted by molar-refractivity contribution is 14.0. The minimum atomic E-state index is -0.498. The Balaban J connectivity index is 0.00000256. The summed E-state index contributed by atoms with van der Waals surface area (Å²) in [5.41, 5.74) is 5.64. The average Bonchev–Trinajstić information content (AvgIpc) is 2.27. The van der Waals surface area contributed by atoms with Crippen molar-refractivity contribution in [2.45, 2.75) is 6.54 Å². The maximum absolute atomic E-state index is 13.2. The van der Waals surface area contributed by atoms with Crippen molar-refractivity contribution in [1.82, 2.24) is 5.32 Å². The van der Waals surface area contributed by atoms with Gasteiger partial charge in [-0.25, -0.2) is 13.8 Å². The Hall–Kier alpha value is -1.18.